The third kappa shape index (κ3) is 2.87. The van der Waals surface area contributed by atoms with E-state index >= 15 is 0 Å². The number of para-hydroxylation sites is 2. The molecule has 0 spiro atoms. The number of carbonyl (C=O) groups is 2. The monoisotopic (exact) mass is 375 g/mol. The minimum atomic E-state index is -1.15. The van der Waals surface area contributed by atoms with E-state index in [0.29, 0.717) is 11.1 Å². The van der Waals surface area contributed by atoms with Crippen molar-refractivity contribution in [2.75, 3.05) is 6.54 Å². The van der Waals surface area contributed by atoms with Gasteiger partial charge in [0.2, 0.25) is 0 Å². The van der Waals surface area contributed by atoms with Crippen LogP contribution in [0, 0.1) is 0 Å². The van der Waals surface area contributed by atoms with Gasteiger partial charge in [0.05, 0.1) is 17.6 Å². The standard InChI is InChI=1S/C21H17N3O4/c25-12-16-19(21(28)23-11-18(26)27)22-10-15-14-8-4-5-9-17(14)24(20(15)16)13-6-2-1-3-7-13/h1-10,25H,11-12H2,(H,23,28)(H,26,27). The van der Waals surface area contributed by atoms with Crippen LogP contribution < -0.4 is 5.32 Å². The minimum Gasteiger partial charge on any atom is -0.480 e. The molecule has 7 heteroatoms. The summed E-state index contributed by atoms with van der Waals surface area (Å²) in [5.74, 6) is -1.79. The molecule has 0 fully saturated rings. The Bertz CT molecular complexity index is 1200. The molecule has 2 aromatic carbocycles. The van der Waals surface area contributed by atoms with Crippen LogP contribution in [0.15, 0.2) is 60.8 Å². The summed E-state index contributed by atoms with van der Waals surface area (Å²) in [5, 5.41) is 23.0. The third-order valence-corrected chi connectivity index (χ3v) is 4.60. The number of pyridine rings is 1. The molecule has 0 aliphatic carbocycles. The van der Waals surface area contributed by atoms with E-state index in [-0.39, 0.29) is 5.69 Å². The fraction of sp³-hybridized carbons (Fsp3) is 0.0952. The Morgan fingerprint density at radius 3 is 2.43 bits per heavy atom. The zero-order valence-electron chi connectivity index (χ0n) is 14.8. The number of rotatable bonds is 5. The van der Waals surface area contributed by atoms with Gasteiger partial charge in [-0.2, -0.15) is 0 Å². The highest BCUT2D eigenvalue weighted by molar-refractivity contribution is 6.12. The van der Waals surface area contributed by atoms with Gasteiger partial charge in [-0.25, -0.2) is 4.98 Å². The van der Waals surface area contributed by atoms with E-state index in [1.54, 1.807) is 6.20 Å². The fourth-order valence-electron chi connectivity index (χ4n) is 3.44. The van der Waals surface area contributed by atoms with Crippen molar-refractivity contribution in [3.05, 3.63) is 72.1 Å². The first kappa shape index (κ1) is 17.7. The van der Waals surface area contributed by atoms with Crippen LogP contribution in [0.1, 0.15) is 16.1 Å². The van der Waals surface area contributed by atoms with Gasteiger partial charge in [-0.15, -0.1) is 0 Å². The van der Waals surface area contributed by atoms with Crippen LogP contribution in [0.3, 0.4) is 0 Å². The fourth-order valence-corrected chi connectivity index (χ4v) is 3.44. The summed E-state index contributed by atoms with van der Waals surface area (Å²) in [6, 6.07) is 17.4. The molecule has 7 nitrogen and oxygen atoms in total. The summed E-state index contributed by atoms with van der Waals surface area (Å²) in [4.78, 5) is 27.5. The highest BCUT2D eigenvalue weighted by Crippen LogP contribution is 2.34. The Morgan fingerprint density at radius 2 is 1.71 bits per heavy atom. The molecule has 2 heterocycles. The summed E-state index contributed by atoms with van der Waals surface area (Å²) in [7, 11) is 0. The van der Waals surface area contributed by atoms with Crippen LogP contribution in [-0.2, 0) is 11.4 Å². The zero-order valence-corrected chi connectivity index (χ0v) is 14.8. The lowest BCUT2D eigenvalue weighted by atomic mass is 10.1. The van der Waals surface area contributed by atoms with Crippen molar-refractivity contribution in [1.29, 1.82) is 0 Å². The summed E-state index contributed by atoms with van der Waals surface area (Å²) in [6.45, 7) is -0.936. The van der Waals surface area contributed by atoms with Gasteiger partial charge >= 0.3 is 5.97 Å². The van der Waals surface area contributed by atoms with Gasteiger partial charge in [0.15, 0.2) is 0 Å². The number of hydrogen-bond donors (Lipinski definition) is 3. The van der Waals surface area contributed by atoms with Crippen LogP contribution in [-0.4, -0.2) is 38.2 Å². The van der Waals surface area contributed by atoms with Crippen LogP contribution in [0.4, 0.5) is 0 Å². The quantitative estimate of drug-likeness (QED) is 0.497. The summed E-state index contributed by atoms with van der Waals surface area (Å²) in [5.41, 5.74) is 2.83. The van der Waals surface area contributed by atoms with E-state index in [9.17, 15) is 14.7 Å². The first-order chi connectivity index (χ1) is 13.6. The summed E-state index contributed by atoms with van der Waals surface area (Å²) in [6.07, 6.45) is 1.59. The Kier molecular flexibility index (Phi) is 4.50. The number of hydrogen-bond acceptors (Lipinski definition) is 4. The number of aliphatic carboxylic acids is 1. The second kappa shape index (κ2) is 7.13. The number of carbonyl (C=O) groups excluding carboxylic acids is 1. The number of aromatic nitrogens is 2. The predicted molar refractivity (Wildman–Crippen MR) is 104 cm³/mol. The van der Waals surface area contributed by atoms with Crippen molar-refractivity contribution in [1.82, 2.24) is 14.9 Å². The Morgan fingerprint density at radius 1 is 1.00 bits per heavy atom. The topological polar surface area (TPSA) is 104 Å². The smallest absolute Gasteiger partial charge is 0.322 e. The van der Waals surface area contributed by atoms with Crippen LogP contribution in [0.25, 0.3) is 27.5 Å². The highest BCUT2D eigenvalue weighted by atomic mass is 16.4. The molecule has 0 aliphatic rings. The SMILES string of the molecule is O=C(O)CNC(=O)c1ncc2c3ccccc3n(-c3ccccc3)c2c1CO. The molecule has 2 aromatic heterocycles. The second-order valence-corrected chi connectivity index (χ2v) is 6.27. The van der Waals surface area contributed by atoms with Gasteiger partial charge in [0.1, 0.15) is 12.2 Å². The number of benzene rings is 2. The Hall–Kier alpha value is -3.71. The van der Waals surface area contributed by atoms with E-state index < -0.39 is 25.0 Å². The molecule has 4 rings (SSSR count). The van der Waals surface area contributed by atoms with E-state index in [2.05, 4.69) is 10.3 Å². The van der Waals surface area contributed by atoms with E-state index in [0.717, 1.165) is 22.0 Å². The van der Waals surface area contributed by atoms with E-state index in [1.807, 2.05) is 59.2 Å². The Balaban J connectivity index is 2.04. The number of aliphatic hydroxyl groups is 1. The summed E-state index contributed by atoms with van der Waals surface area (Å²) < 4.78 is 1.98. The highest BCUT2D eigenvalue weighted by Gasteiger charge is 2.22. The molecule has 0 unspecified atom stereocenters. The molecular formula is C21H17N3O4. The summed E-state index contributed by atoms with van der Waals surface area (Å²) >= 11 is 0. The number of amides is 1. The van der Waals surface area contributed by atoms with E-state index in [1.165, 1.54) is 0 Å². The molecule has 0 saturated carbocycles. The minimum absolute atomic E-state index is 0.0104. The van der Waals surface area contributed by atoms with Crippen molar-refractivity contribution >= 4 is 33.7 Å². The molecule has 0 bridgehead atoms. The zero-order chi connectivity index (χ0) is 19.7. The molecule has 4 aromatic rings. The van der Waals surface area contributed by atoms with Gasteiger partial charge in [-0.05, 0) is 18.2 Å². The average molecular weight is 375 g/mol. The Labute approximate surface area is 159 Å². The maximum Gasteiger partial charge on any atom is 0.322 e. The van der Waals surface area contributed by atoms with Crippen LogP contribution >= 0.6 is 0 Å². The lowest BCUT2D eigenvalue weighted by Crippen LogP contribution is -2.30. The van der Waals surface area contributed by atoms with Gasteiger partial charge < -0.3 is 20.1 Å². The van der Waals surface area contributed by atoms with Crippen LogP contribution in [0.5, 0.6) is 0 Å². The maximum absolute atomic E-state index is 12.5. The van der Waals surface area contributed by atoms with Gasteiger partial charge in [0, 0.05) is 28.2 Å². The van der Waals surface area contributed by atoms with E-state index in [4.69, 9.17) is 5.11 Å². The third-order valence-electron chi connectivity index (χ3n) is 4.60. The molecule has 140 valence electrons. The second-order valence-electron chi connectivity index (χ2n) is 6.27. The lowest BCUT2D eigenvalue weighted by molar-refractivity contribution is -0.135. The predicted octanol–water partition coefficient (Wildman–Crippen LogP) is 2.49. The largest absolute Gasteiger partial charge is 0.480 e. The van der Waals surface area contributed by atoms with Crippen molar-refractivity contribution in [3.63, 3.8) is 0 Å². The van der Waals surface area contributed by atoms with Crippen molar-refractivity contribution in [2.45, 2.75) is 6.61 Å². The number of aliphatic hydroxyl groups excluding tert-OH is 1. The van der Waals surface area contributed by atoms with Gasteiger partial charge in [0.25, 0.3) is 5.91 Å². The first-order valence-corrected chi connectivity index (χ1v) is 8.69. The van der Waals surface area contributed by atoms with Crippen molar-refractivity contribution < 1.29 is 19.8 Å². The molecule has 3 N–H and O–H groups in total. The number of carboxylic acids is 1. The maximum atomic E-state index is 12.5. The molecular weight excluding hydrogens is 358 g/mol. The molecule has 0 aliphatic heterocycles. The number of carboxylic acid groups (broad SMARTS) is 1. The van der Waals surface area contributed by atoms with Crippen molar-refractivity contribution in [3.8, 4) is 5.69 Å². The number of fused-ring (bicyclic) bond motifs is 3. The molecule has 0 atom stereocenters. The normalized spacial score (nSPS) is 11.0. The molecule has 1 amide bonds. The van der Waals surface area contributed by atoms with Crippen LogP contribution in [0.2, 0.25) is 0 Å². The van der Waals surface area contributed by atoms with Crippen molar-refractivity contribution in [2.24, 2.45) is 0 Å². The van der Waals surface area contributed by atoms with Gasteiger partial charge in [-0.1, -0.05) is 36.4 Å². The number of nitrogens with one attached hydrogen (secondary N) is 1. The lowest BCUT2D eigenvalue weighted by Gasteiger charge is -2.12. The molecule has 0 saturated heterocycles. The average Bonchev–Trinajstić information content (AvgIpc) is 3.06. The molecule has 0 radical (unpaired) electrons. The number of nitrogens with zero attached hydrogens (tertiary/aromatic N) is 2. The van der Waals surface area contributed by atoms with Gasteiger partial charge in [-0.3, -0.25) is 9.59 Å². The first-order valence-electron chi connectivity index (χ1n) is 8.69. The molecule has 28 heavy (non-hydrogen) atoms.